The molecule has 0 saturated carbocycles. The quantitative estimate of drug-likeness (QED) is 0.520. The van der Waals surface area contributed by atoms with Gasteiger partial charge in [-0.05, 0) is 53.4 Å². The van der Waals surface area contributed by atoms with Crippen LogP contribution in [0.2, 0.25) is 0 Å². The maximum Gasteiger partial charge on any atom is 0.282 e. The maximum absolute atomic E-state index is 13.5. The molecule has 0 radical (unpaired) electrons. The van der Waals surface area contributed by atoms with Crippen molar-refractivity contribution in [3.63, 3.8) is 0 Å². The van der Waals surface area contributed by atoms with E-state index in [2.05, 4.69) is 24.5 Å². The second kappa shape index (κ2) is 9.12. The Kier molecular flexibility index (Phi) is 6.09. The van der Waals surface area contributed by atoms with Crippen LogP contribution in [-0.2, 0) is 14.4 Å². The zero-order valence-electron chi connectivity index (χ0n) is 18.8. The summed E-state index contributed by atoms with van der Waals surface area (Å²) in [5, 5.41) is 5.84. The summed E-state index contributed by atoms with van der Waals surface area (Å²) >= 11 is 0. The molecular formula is C27H25N3O3. The van der Waals surface area contributed by atoms with E-state index in [0.717, 1.165) is 5.56 Å². The van der Waals surface area contributed by atoms with Crippen LogP contribution in [0.15, 0.2) is 84.6 Å². The Morgan fingerprint density at radius 1 is 0.788 bits per heavy atom. The van der Waals surface area contributed by atoms with Crippen molar-refractivity contribution in [2.75, 3.05) is 15.5 Å². The average molecular weight is 440 g/mol. The standard InChI is InChI=1S/C27H25N3O3/c1-17(2)19-9-15-23(16-10-19)30-26(32)24(20-7-5-4-6-8-20)25(27(30)33)29-22-13-11-21(12-14-22)28-18(3)31/h4-17,29H,1-3H3,(H,28,31). The van der Waals surface area contributed by atoms with Gasteiger partial charge in [0.1, 0.15) is 5.70 Å². The van der Waals surface area contributed by atoms with Gasteiger partial charge < -0.3 is 10.6 Å². The monoisotopic (exact) mass is 439 g/mol. The van der Waals surface area contributed by atoms with E-state index in [4.69, 9.17) is 0 Å². The number of nitrogens with one attached hydrogen (secondary N) is 2. The molecule has 0 saturated heterocycles. The Bertz CT molecular complexity index is 1230. The lowest BCUT2D eigenvalue weighted by atomic mass is 10.0. The fraction of sp³-hybridized carbons (Fsp3) is 0.148. The van der Waals surface area contributed by atoms with E-state index in [1.807, 2.05) is 42.5 Å². The van der Waals surface area contributed by atoms with Crippen molar-refractivity contribution >= 4 is 40.4 Å². The number of hydrogen-bond donors (Lipinski definition) is 2. The molecule has 1 aliphatic rings. The van der Waals surface area contributed by atoms with E-state index in [1.54, 1.807) is 36.4 Å². The predicted molar refractivity (Wildman–Crippen MR) is 131 cm³/mol. The SMILES string of the molecule is CC(=O)Nc1ccc(NC2=C(c3ccccc3)C(=O)N(c3ccc(C(C)C)cc3)C2=O)cc1. The zero-order chi connectivity index (χ0) is 23.5. The van der Waals surface area contributed by atoms with Gasteiger partial charge in [-0.25, -0.2) is 4.90 Å². The van der Waals surface area contributed by atoms with Crippen molar-refractivity contribution in [3.8, 4) is 0 Å². The normalized spacial score (nSPS) is 13.6. The number of imide groups is 1. The summed E-state index contributed by atoms with van der Waals surface area (Å²) in [5.41, 5.74) is 4.13. The summed E-state index contributed by atoms with van der Waals surface area (Å²) in [6.45, 7) is 5.62. The fourth-order valence-electron chi connectivity index (χ4n) is 3.75. The minimum absolute atomic E-state index is 0.166. The van der Waals surface area contributed by atoms with Crippen LogP contribution in [0.5, 0.6) is 0 Å². The van der Waals surface area contributed by atoms with Crippen molar-refractivity contribution < 1.29 is 14.4 Å². The van der Waals surface area contributed by atoms with Crippen LogP contribution in [-0.4, -0.2) is 17.7 Å². The molecule has 1 aliphatic heterocycles. The number of carbonyl (C=O) groups is 3. The number of amides is 3. The van der Waals surface area contributed by atoms with E-state index in [0.29, 0.717) is 34.1 Å². The number of hydrogen-bond acceptors (Lipinski definition) is 4. The molecule has 3 amide bonds. The minimum Gasteiger partial charge on any atom is -0.350 e. The van der Waals surface area contributed by atoms with Crippen molar-refractivity contribution in [2.45, 2.75) is 26.7 Å². The average Bonchev–Trinajstić information content (AvgIpc) is 3.04. The molecule has 3 aromatic rings. The van der Waals surface area contributed by atoms with Gasteiger partial charge in [0.2, 0.25) is 5.91 Å². The minimum atomic E-state index is -0.415. The molecule has 2 N–H and O–H groups in total. The highest BCUT2D eigenvalue weighted by Crippen LogP contribution is 2.34. The van der Waals surface area contributed by atoms with E-state index in [9.17, 15) is 14.4 Å². The molecule has 0 unspecified atom stereocenters. The summed E-state index contributed by atoms with van der Waals surface area (Å²) < 4.78 is 0. The largest absolute Gasteiger partial charge is 0.350 e. The van der Waals surface area contributed by atoms with Crippen molar-refractivity contribution in [1.29, 1.82) is 0 Å². The van der Waals surface area contributed by atoms with Crippen molar-refractivity contribution in [2.24, 2.45) is 0 Å². The van der Waals surface area contributed by atoms with Gasteiger partial charge in [-0.15, -0.1) is 0 Å². The van der Waals surface area contributed by atoms with Crippen LogP contribution in [0.25, 0.3) is 5.57 Å². The lowest BCUT2D eigenvalue weighted by Crippen LogP contribution is -2.32. The van der Waals surface area contributed by atoms with Gasteiger partial charge >= 0.3 is 0 Å². The van der Waals surface area contributed by atoms with E-state index >= 15 is 0 Å². The molecule has 0 aliphatic carbocycles. The number of anilines is 3. The highest BCUT2D eigenvalue weighted by molar-refractivity contribution is 6.46. The highest BCUT2D eigenvalue weighted by Gasteiger charge is 2.40. The molecule has 4 rings (SSSR count). The second-order valence-corrected chi connectivity index (χ2v) is 8.19. The van der Waals surface area contributed by atoms with Gasteiger partial charge in [0, 0.05) is 18.3 Å². The first-order valence-electron chi connectivity index (χ1n) is 10.8. The molecule has 3 aromatic carbocycles. The molecular weight excluding hydrogens is 414 g/mol. The lowest BCUT2D eigenvalue weighted by molar-refractivity contribution is -0.120. The molecule has 0 aromatic heterocycles. The summed E-state index contributed by atoms with van der Waals surface area (Å²) in [7, 11) is 0. The topological polar surface area (TPSA) is 78.5 Å². The Labute approximate surface area is 192 Å². The van der Waals surface area contributed by atoms with Crippen molar-refractivity contribution in [1.82, 2.24) is 0 Å². The molecule has 0 fully saturated rings. The van der Waals surface area contributed by atoms with Crippen LogP contribution in [0.1, 0.15) is 37.8 Å². The van der Waals surface area contributed by atoms with Gasteiger partial charge in [0.05, 0.1) is 11.3 Å². The molecule has 33 heavy (non-hydrogen) atoms. The molecule has 0 spiro atoms. The van der Waals surface area contributed by atoms with Crippen LogP contribution >= 0.6 is 0 Å². The molecule has 6 heteroatoms. The first-order chi connectivity index (χ1) is 15.8. The van der Waals surface area contributed by atoms with Gasteiger partial charge in [-0.1, -0.05) is 56.3 Å². The summed E-state index contributed by atoms with van der Waals surface area (Å²) in [5.74, 6) is -0.608. The molecule has 6 nitrogen and oxygen atoms in total. The van der Waals surface area contributed by atoms with Crippen LogP contribution in [0.4, 0.5) is 17.1 Å². The first-order valence-corrected chi connectivity index (χ1v) is 10.8. The maximum atomic E-state index is 13.5. The van der Waals surface area contributed by atoms with E-state index < -0.39 is 5.91 Å². The Hall–Kier alpha value is -4.19. The van der Waals surface area contributed by atoms with E-state index in [-0.39, 0.29) is 17.5 Å². The zero-order valence-corrected chi connectivity index (χ0v) is 18.8. The summed E-state index contributed by atoms with van der Waals surface area (Å²) in [6, 6.07) is 23.6. The highest BCUT2D eigenvalue weighted by atomic mass is 16.2. The Morgan fingerprint density at radius 3 is 1.97 bits per heavy atom. The number of benzene rings is 3. The van der Waals surface area contributed by atoms with Crippen molar-refractivity contribution in [3.05, 3.63) is 95.7 Å². The van der Waals surface area contributed by atoms with Gasteiger partial charge in [-0.3, -0.25) is 14.4 Å². The lowest BCUT2D eigenvalue weighted by Gasteiger charge is -2.16. The van der Waals surface area contributed by atoms with Crippen LogP contribution < -0.4 is 15.5 Å². The van der Waals surface area contributed by atoms with Crippen LogP contribution in [0.3, 0.4) is 0 Å². The third-order valence-corrected chi connectivity index (χ3v) is 5.44. The Balaban J connectivity index is 1.71. The van der Waals surface area contributed by atoms with Crippen LogP contribution in [0, 0.1) is 0 Å². The van der Waals surface area contributed by atoms with Gasteiger partial charge in [0.15, 0.2) is 0 Å². The molecule has 1 heterocycles. The summed E-state index contributed by atoms with van der Waals surface area (Å²) in [4.78, 5) is 39.4. The Morgan fingerprint density at radius 2 is 1.39 bits per heavy atom. The van der Waals surface area contributed by atoms with Gasteiger partial charge in [-0.2, -0.15) is 0 Å². The molecule has 0 bridgehead atoms. The number of rotatable bonds is 6. The fourth-order valence-corrected chi connectivity index (χ4v) is 3.75. The third-order valence-electron chi connectivity index (χ3n) is 5.44. The van der Waals surface area contributed by atoms with E-state index in [1.165, 1.54) is 11.8 Å². The molecule has 166 valence electrons. The predicted octanol–water partition coefficient (Wildman–Crippen LogP) is 5.17. The van der Waals surface area contributed by atoms with Gasteiger partial charge in [0.25, 0.3) is 11.8 Å². The second-order valence-electron chi connectivity index (χ2n) is 8.19. The number of carbonyl (C=O) groups excluding carboxylic acids is 3. The first kappa shape index (κ1) is 22.0. The summed E-state index contributed by atoms with van der Waals surface area (Å²) in [6.07, 6.45) is 0. The molecule has 0 atom stereocenters. The smallest absolute Gasteiger partial charge is 0.282 e. The number of nitrogens with zero attached hydrogens (tertiary/aromatic N) is 1. The third kappa shape index (κ3) is 4.55.